The van der Waals surface area contributed by atoms with E-state index in [-0.39, 0.29) is 12.5 Å². The Morgan fingerprint density at radius 3 is 2.78 bits per heavy atom. The number of allylic oxidation sites excluding steroid dienone is 1. The van der Waals surface area contributed by atoms with E-state index in [1.807, 2.05) is 36.4 Å². The van der Waals surface area contributed by atoms with Crippen molar-refractivity contribution in [1.82, 2.24) is 5.43 Å². The van der Waals surface area contributed by atoms with Gasteiger partial charge in [-0.3, -0.25) is 4.79 Å². The average Bonchev–Trinajstić information content (AvgIpc) is 2.54. The molecule has 23 heavy (non-hydrogen) atoms. The lowest BCUT2D eigenvalue weighted by Crippen LogP contribution is -2.24. The monoisotopic (exact) mass is 392 g/mol. The first-order valence-corrected chi connectivity index (χ1v) is 7.94. The van der Waals surface area contributed by atoms with Gasteiger partial charge in [-0.1, -0.05) is 48.0 Å². The van der Waals surface area contributed by atoms with Crippen LogP contribution >= 0.6 is 27.5 Å². The second-order valence-corrected chi connectivity index (χ2v) is 5.74. The fourth-order valence-electron chi connectivity index (χ4n) is 1.64. The van der Waals surface area contributed by atoms with Crippen LogP contribution in [0.25, 0.3) is 6.08 Å². The third-order valence-corrected chi connectivity index (χ3v) is 3.55. The van der Waals surface area contributed by atoms with Crippen molar-refractivity contribution in [2.45, 2.75) is 0 Å². The van der Waals surface area contributed by atoms with Crippen molar-refractivity contribution in [2.75, 3.05) is 6.61 Å². The SMILES string of the molecule is O=C(COc1ccc(Cl)cc1Br)NN=CC=Cc1ccccc1. The Kier molecular flexibility index (Phi) is 6.84. The summed E-state index contributed by atoms with van der Waals surface area (Å²) < 4.78 is 6.06. The summed E-state index contributed by atoms with van der Waals surface area (Å²) in [5.41, 5.74) is 3.44. The maximum atomic E-state index is 11.6. The van der Waals surface area contributed by atoms with Crippen molar-refractivity contribution in [3.63, 3.8) is 0 Å². The normalized spacial score (nSPS) is 11.0. The number of hydrogen-bond acceptors (Lipinski definition) is 3. The summed E-state index contributed by atoms with van der Waals surface area (Å²) in [7, 11) is 0. The summed E-state index contributed by atoms with van der Waals surface area (Å²) in [5, 5.41) is 4.40. The molecule has 0 saturated carbocycles. The van der Waals surface area contributed by atoms with Gasteiger partial charge in [0.1, 0.15) is 5.75 Å². The van der Waals surface area contributed by atoms with Crippen LogP contribution in [0.5, 0.6) is 5.75 Å². The van der Waals surface area contributed by atoms with E-state index >= 15 is 0 Å². The highest BCUT2D eigenvalue weighted by atomic mass is 79.9. The number of carbonyl (C=O) groups excluding carboxylic acids is 1. The Bertz CT molecular complexity index is 718. The van der Waals surface area contributed by atoms with Crippen molar-refractivity contribution in [3.8, 4) is 5.75 Å². The Hall–Kier alpha value is -2.11. The number of ether oxygens (including phenoxy) is 1. The predicted molar refractivity (Wildman–Crippen MR) is 96.8 cm³/mol. The topological polar surface area (TPSA) is 50.7 Å². The number of nitrogens with zero attached hydrogens (tertiary/aromatic N) is 1. The zero-order chi connectivity index (χ0) is 16.5. The number of amides is 1. The summed E-state index contributed by atoms with van der Waals surface area (Å²) >= 11 is 9.14. The number of hydrogen-bond donors (Lipinski definition) is 1. The second kappa shape index (κ2) is 9.12. The standard InChI is InChI=1S/C17H14BrClN2O2/c18-15-11-14(19)8-9-16(15)23-12-17(22)21-20-10-4-7-13-5-2-1-3-6-13/h1-11H,12H2,(H,21,22). The maximum absolute atomic E-state index is 11.6. The first kappa shape index (κ1) is 17.2. The molecule has 0 aliphatic heterocycles. The van der Waals surface area contributed by atoms with Gasteiger partial charge in [-0.25, -0.2) is 5.43 Å². The molecule has 0 atom stereocenters. The molecule has 0 aliphatic carbocycles. The van der Waals surface area contributed by atoms with Gasteiger partial charge in [-0.2, -0.15) is 5.10 Å². The molecule has 0 aliphatic rings. The molecule has 4 nitrogen and oxygen atoms in total. The van der Waals surface area contributed by atoms with E-state index in [4.69, 9.17) is 16.3 Å². The van der Waals surface area contributed by atoms with E-state index in [1.165, 1.54) is 6.21 Å². The van der Waals surface area contributed by atoms with Gasteiger partial charge in [0.25, 0.3) is 5.91 Å². The van der Waals surface area contributed by atoms with E-state index < -0.39 is 0 Å². The number of carbonyl (C=O) groups is 1. The summed E-state index contributed by atoms with van der Waals surface area (Å²) in [5.74, 6) is 0.189. The molecular weight excluding hydrogens is 380 g/mol. The van der Waals surface area contributed by atoms with Gasteiger partial charge in [-0.15, -0.1) is 0 Å². The van der Waals surface area contributed by atoms with Crippen LogP contribution in [0.1, 0.15) is 5.56 Å². The molecule has 0 spiro atoms. The molecule has 6 heteroatoms. The molecule has 0 heterocycles. The van der Waals surface area contributed by atoms with E-state index in [2.05, 4.69) is 26.5 Å². The van der Waals surface area contributed by atoms with Gasteiger partial charge in [0.05, 0.1) is 4.47 Å². The first-order valence-electron chi connectivity index (χ1n) is 6.76. The average molecular weight is 394 g/mol. The van der Waals surface area contributed by atoms with Crippen LogP contribution in [0.15, 0.2) is 64.2 Å². The van der Waals surface area contributed by atoms with E-state index in [1.54, 1.807) is 24.3 Å². The van der Waals surface area contributed by atoms with Crippen molar-refractivity contribution in [1.29, 1.82) is 0 Å². The molecule has 118 valence electrons. The molecular formula is C17H14BrClN2O2. The Balaban J connectivity index is 1.74. The van der Waals surface area contributed by atoms with E-state index in [9.17, 15) is 4.79 Å². The molecule has 2 aromatic carbocycles. The van der Waals surface area contributed by atoms with Crippen molar-refractivity contribution >= 4 is 45.7 Å². The Labute approximate surface area is 147 Å². The summed E-state index contributed by atoms with van der Waals surface area (Å²) in [4.78, 5) is 11.6. The van der Waals surface area contributed by atoms with Crippen LogP contribution < -0.4 is 10.2 Å². The lowest BCUT2D eigenvalue weighted by atomic mass is 10.2. The van der Waals surface area contributed by atoms with Gasteiger partial charge < -0.3 is 4.74 Å². The summed E-state index contributed by atoms with van der Waals surface area (Å²) in [6.07, 6.45) is 5.13. The number of halogens is 2. The van der Waals surface area contributed by atoms with Crippen LogP contribution in [0.3, 0.4) is 0 Å². The molecule has 1 amide bonds. The van der Waals surface area contributed by atoms with Gasteiger partial charge in [-0.05, 0) is 45.8 Å². The van der Waals surface area contributed by atoms with Crippen molar-refractivity contribution in [2.24, 2.45) is 5.10 Å². The fourth-order valence-corrected chi connectivity index (χ4v) is 2.44. The first-order chi connectivity index (χ1) is 11.1. The van der Waals surface area contributed by atoms with Gasteiger partial charge in [0.2, 0.25) is 0 Å². The van der Waals surface area contributed by atoms with Gasteiger partial charge in [0, 0.05) is 11.2 Å². The molecule has 0 saturated heterocycles. The molecule has 0 aromatic heterocycles. The minimum Gasteiger partial charge on any atom is -0.483 e. The van der Waals surface area contributed by atoms with Gasteiger partial charge in [0.15, 0.2) is 6.61 Å². The van der Waals surface area contributed by atoms with Crippen LogP contribution in [-0.2, 0) is 4.79 Å². The summed E-state index contributed by atoms with van der Waals surface area (Å²) in [6, 6.07) is 14.9. The minimum absolute atomic E-state index is 0.139. The highest BCUT2D eigenvalue weighted by Crippen LogP contribution is 2.27. The quantitative estimate of drug-likeness (QED) is 0.588. The minimum atomic E-state index is -0.351. The van der Waals surface area contributed by atoms with Crippen molar-refractivity contribution in [3.05, 3.63) is 69.7 Å². The van der Waals surface area contributed by atoms with Crippen LogP contribution in [-0.4, -0.2) is 18.7 Å². The van der Waals surface area contributed by atoms with E-state index in [0.717, 1.165) is 5.56 Å². The highest BCUT2D eigenvalue weighted by Gasteiger charge is 2.05. The largest absolute Gasteiger partial charge is 0.483 e. The van der Waals surface area contributed by atoms with Crippen LogP contribution in [0, 0.1) is 0 Å². The second-order valence-electron chi connectivity index (χ2n) is 4.45. The zero-order valence-corrected chi connectivity index (χ0v) is 14.4. The highest BCUT2D eigenvalue weighted by molar-refractivity contribution is 9.10. The molecule has 1 N–H and O–H groups in total. The third-order valence-electron chi connectivity index (χ3n) is 2.69. The molecule has 0 unspecified atom stereocenters. The van der Waals surface area contributed by atoms with Crippen LogP contribution in [0.4, 0.5) is 0 Å². The van der Waals surface area contributed by atoms with Crippen molar-refractivity contribution < 1.29 is 9.53 Å². The number of benzene rings is 2. The third kappa shape index (κ3) is 6.26. The van der Waals surface area contributed by atoms with Gasteiger partial charge >= 0.3 is 0 Å². The van der Waals surface area contributed by atoms with E-state index in [0.29, 0.717) is 15.2 Å². The molecule has 2 rings (SSSR count). The summed E-state index contributed by atoms with van der Waals surface area (Å²) in [6.45, 7) is -0.139. The Morgan fingerprint density at radius 2 is 2.04 bits per heavy atom. The molecule has 0 radical (unpaired) electrons. The molecule has 2 aromatic rings. The number of hydrazone groups is 1. The molecule has 0 bridgehead atoms. The maximum Gasteiger partial charge on any atom is 0.277 e. The predicted octanol–water partition coefficient (Wildman–Crippen LogP) is 4.30. The Morgan fingerprint density at radius 1 is 1.26 bits per heavy atom. The molecule has 0 fully saturated rings. The lowest BCUT2D eigenvalue weighted by Gasteiger charge is -2.07. The lowest BCUT2D eigenvalue weighted by molar-refractivity contribution is -0.123. The smallest absolute Gasteiger partial charge is 0.277 e. The zero-order valence-electron chi connectivity index (χ0n) is 12.1. The number of nitrogens with one attached hydrogen (secondary N) is 1. The van der Waals surface area contributed by atoms with Crippen LogP contribution in [0.2, 0.25) is 5.02 Å². The number of rotatable bonds is 6. The fraction of sp³-hybridized carbons (Fsp3) is 0.0588.